The van der Waals surface area contributed by atoms with Crippen LogP contribution in [0.2, 0.25) is 0 Å². The Morgan fingerprint density at radius 3 is 2.26 bits per heavy atom. The van der Waals surface area contributed by atoms with Gasteiger partial charge in [0.2, 0.25) is 11.9 Å². The normalized spacial score (nSPS) is 10.5. The number of benzene rings is 1. The van der Waals surface area contributed by atoms with Crippen LogP contribution < -0.4 is 25.8 Å². The van der Waals surface area contributed by atoms with Gasteiger partial charge < -0.3 is 35.3 Å². The van der Waals surface area contributed by atoms with Crippen LogP contribution >= 0.6 is 0 Å². The van der Waals surface area contributed by atoms with Crippen LogP contribution in [0.1, 0.15) is 5.56 Å². The molecule has 0 atom stereocenters. The van der Waals surface area contributed by atoms with E-state index in [1.165, 1.54) is 5.56 Å². The molecule has 0 radical (unpaired) electrons. The van der Waals surface area contributed by atoms with Gasteiger partial charge >= 0.3 is 6.01 Å². The Balaban J connectivity index is 1.82. The van der Waals surface area contributed by atoms with Gasteiger partial charge in [-0.05, 0) is 24.1 Å². The lowest BCUT2D eigenvalue weighted by atomic mass is 10.1. The molecule has 1 heterocycles. The molecule has 1 aromatic heterocycles. The maximum Gasteiger partial charge on any atom is 0.323 e. The lowest BCUT2D eigenvalue weighted by Crippen LogP contribution is -2.17. The summed E-state index contributed by atoms with van der Waals surface area (Å²) < 4.78 is 21.4. The van der Waals surface area contributed by atoms with E-state index in [1.54, 1.807) is 13.2 Å². The number of rotatable bonds is 17. The Kier molecular flexibility index (Phi) is 11.7. The lowest BCUT2D eigenvalue weighted by Gasteiger charge is -2.11. The number of aromatic nitrogens is 3. The van der Waals surface area contributed by atoms with Crippen LogP contribution in [0.15, 0.2) is 36.9 Å². The number of hydrogen-bond donors (Lipinski definition) is 3. The largest absolute Gasteiger partial charge is 0.497 e. The summed E-state index contributed by atoms with van der Waals surface area (Å²) in [7, 11) is 1.65. The molecule has 4 N–H and O–H groups in total. The molecular formula is C21H32N6O4. The minimum Gasteiger partial charge on any atom is -0.497 e. The van der Waals surface area contributed by atoms with Gasteiger partial charge in [0.1, 0.15) is 12.4 Å². The molecule has 0 spiro atoms. The third kappa shape index (κ3) is 10.1. The predicted molar refractivity (Wildman–Crippen MR) is 120 cm³/mol. The summed E-state index contributed by atoms with van der Waals surface area (Å²) in [5, 5.41) is 6.33. The van der Waals surface area contributed by atoms with Crippen molar-refractivity contribution in [3.05, 3.63) is 42.5 Å². The fraction of sp³-hybridized carbons (Fsp3) is 0.476. The van der Waals surface area contributed by atoms with Gasteiger partial charge in [0.05, 0.1) is 33.5 Å². The third-order valence-corrected chi connectivity index (χ3v) is 3.96. The topological polar surface area (TPSA) is 126 Å². The number of ether oxygens (including phenoxy) is 4. The standard InChI is InChI=1S/C21H32N6O4/c1-3-12-31-21-26-19(23-10-8-17-4-6-18(28-2)7-5-17)25-20(27-21)24-11-14-30-16-15-29-13-9-22/h3-7H,1,8-16,22H2,2H3,(H2,23,24,25,26,27). The maximum atomic E-state index is 5.49. The Bertz CT molecular complexity index is 760. The van der Waals surface area contributed by atoms with Crippen molar-refractivity contribution in [3.63, 3.8) is 0 Å². The zero-order valence-electron chi connectivity index (χ0n) is 18.0. The van der Waals surface area contributed by atoms with E-state index >= 15 is 0 Å². The first kappa shape index (κ1) is 24.3. The Morgan fingerprint density at radius 1 is 0.935 bits per heavy atom. The summed E-state index contributed by atoms with van der Waals surface area (Å²) in [6, 6.07) is 8.16. The van der Waals surface area contributed by atoms with Gasteiger partial charge in [-0.15, -0.1) is 0 Å². The molecule has 0 aliphatic heterocycles. The summed E-state index contributed by atoms with van der Waals surface area (Å²) in [4.78, 5) is 13.0. The van der Waals surface area contributed by atoms with Crippen molar-refractivity contribution in [3.8, 4) is 11.8 Å². The maximum absolute atomic E-state index is 5.49. The van der Waals surface area contributed by atoms with E-state index in [4.69, 9.17) is 24.7 Å². The quantitative estimate of drug-likeness (QED) is 0.250. The Morgan fingerprint density at radius 2 is 1.61 bits per heavy atom. The monoisotopic (exact) mass is 432 g/mol. The molecule has 0 saturated heterocycles. The zero-order valence-corrected chi connectivity index (χ0v) is 18.0. The molecule has 2 aromatic rings. The molecule has 0 aliphatic rings. The van der Waals surface area contributed by atoms with Crippen LogP contribution in [-0.2, 0) is 15.9 Å². The van der Waals surface area contributed by atoms with Gasteiger partial charge in [-0.25, -0.2) is 0 Å². The first-order valence-electron chi connectivity index (χ1n) is 10.2. The van der Waals surface area contributed by atoms with Gasteiger partial charge in [0.25, 0.3) is 0 Å². The summed E-state index contributed by atoms with van der Waals surface area (Å²) in [6.45, 7) is 7.69. The summed E-state index contributed by atoms with van der Waals surface area (Å²) in [5.41, 5.74) is 6.54. The zero-order chi connectivity index (χ0) is 22.2. The van der Waals surface area contributed by atoms with E-state index < -0.39 is 0 Å². The van der Waals surface area contributed by atoms with Crippen LogP contribution in [0.25, 0.3) is 0 Å². The van der Waals surface area contributed by atoms with Crippen molar-refractivity contribution in [1.82, 2.24) is 15.0 Å². The molecule has 0 aliphatic carbocycles. The van der Waals surface area contributed by atoms with E-state index in [9.17, 15) is 0 Å². The number of nitrogens with one attached hydrogen (secondary N) is 2. The molecule has 170 valence electrons. The smallest absolute Gasteiger partial charge is 0.323 e. The van der Waals surface area contributed by atoms with Crippen molar-refractivity contribution >= 4 is 11.9 Å². The Hall–Kier alpha value is -2.95. The molecule has 0 bridgehead atoms. The van der Waals surface area contributed by atoms with Gasteiger partial charge in [0, 0.05) is 19.6 Å². The van der Waals surface area contributed by atoms with Gasteiger partial charge in [-0.3, -0.25) is 0 Å². The van der Waals surface area contributed by atoms with Crippen molar-refractivity contribution in [1.29, 1.82) is 0 Å². The van der Waals surface area contributed by atoms with Gasteiger partial charge in [0.15, 0.2) is 0 Å². The molecule has 1 aromatic carbocycles. The van der Waals surface area contributed by atoms with Gasteiger partial charge in [-0.1, -0.05) is 24.8 Å². The molecule has 0 amide bonds. The van der Waals surface area contributed by atoms with Crippen molar-refractivity contribution in [2.45, 2.75) is 6.42 Å². The predicted octanol–water partition coefficient (Wildman–Crippen LogP) is 1.50. The van der Waals surface area contributed by atoms with Crippen LogP contribution in [0, 0.1) is 0 Å². The molecular weight excluding hydrogens is 400 g/mol. The number of nitrogens with two attached hydrogens (primary N) is 1. The van der Waals surface area contributed by atoms with E-state index in [2.05, 4.69) is 32.2 Å². The molecule has 0 unspecified atom stereocenters. The first-order valence-corrected chi connectivity index (χ1v) is 10.2. The Labute approximate surface area is 183 Å². The fourth-order valence-electron chi connectivity index (χ4n) is 2.46. The highest BCUT2D eigenvalue weighted by atomic mass is 16.5. The number of methoxy groups -OCH3 is 1. The SMILES string of the molecule is C=CCOc1nc(NCCOCCOCCN)nc(NCCc2ccc(OC)cc2)n1. The second-order valence-electron chi connectivity index (χ2n) is 6.33. The minimum absolute atomic E-state index is 0.223. The third-order valence-electron chi connectivity index (χ3n) is 3.96. The summed E-state index contributed by atoms with van der Waals surface area (Å²) in [5.74, 6) is 1.67. The van der Waals surface area contributed by atoms with Crippen molar-refractivity contribution in [2.24, 2.45) is 5.73 Å². The number of anilines is 2. The van der Waals surface area contributed by atoms with E-state index in [0.29, 0.717) is 64.6 Å². The van der Waals surface area contributed by atoms with Crippen LogP contribution in [0.3, 0.4) is 0 Å². The molecule has 10 nitrogen and oxygen atoms in total. The van der Waals surface area contributed by atoms with Crippen molar-refractivity contribution < 1.29 is 18.9 Å². The highest BCUT2D eigenvalue weighted by Gasteiger charge is 2.07. The lowest BCUT2D eigenvalue weighted by molar-refractivity contribution is 0.0547. The summed E-state index contributed by atoms with van der Waals surface area (Å²) >= 11 is 0. The summed E-state index contributed by atoms with van der Waals surface area (Å²) in [6.07, 6.45) is 2.44. The van der Waals surface area contributed by atoms with Crippen LogP contribution in [-0.4, -0.2) is 74.7 Å². The number of nitrogens with zero attached hydrogens (tertiary/aromatic N) is 3. The van der Waals surface area contributed by atoms with Gasteiger partial charge in [-0.2, -0.15) is 15.0 Å². The van der Waals surface area contributed by atoms with E-state index in [1.807, 2.05) is 24.3 Å². The average Bonchev–Trinajstić information content (AvgIpc) is 2.80. The fourth-order valence-corrected chi connectivity index (χ4v) is 2.46. The van der Waals surface area contributed by atoms with Crippen LogP contribution in [0.4, 0.5) is 11.9 Å². The first-order chi connectivity index (χ1) is 15.2. The van der Waals surface area contributed by atoms with Crippen LogP contribution in [0.5, 0.6) is 11.8 Å². The molecule has 31 heavy (non-hydrogen) atoms. The molecule has 2 rings (SSSR count). The van der Waals surface area contributed by atoms with E-state index in [0.717, 1.165) is 12.2 Å². The second-order valence-corrected chi connectivity index (χ2v) is 6.33. The van der Waals surface area contributed by atoms with E-state index in [-0.39, 0.29) is 6.01 Å². The molecule has 0 fully saturated rings. The minimum atomic E-state index is 0.223. The number of hydrogen-bond acceptors (Lipinski definition) is 10. The average molecular weight is 433 g/mol. The highest BCUT2D eigenvalue weighted by Crippen LogP contribution is 2.13. The molecule has 10 heteroatoms. The van der Waals surface area contributed by atoms with Crippen molar-refractivity contribution in [2.75, 3.05) is 70.4 Å². The highest BCUT2D eigenvalue weighted by molar-refractivity contribution is 5.36. The second kappa shape index (κ2) is 14.9. The molecule has 0 saturated carbocycles.